The number of benzene rings is 1. The van der Waals surface area contributed by atoms with Crippen molar-refractivity contribution >= 4 is 17.2 Å². The lowest BCUT2D eigenvalue weighted by atomic mass is 9.96. The SMILES string of the molecule is CC(=NOc1ncnc(N2CCC(c3nc(C(C)C)no3)CC2)c1[N+](=O)[O-])c1ccccc1. The second kappa shape index (κ2) is 9.72. The first-order chi connectivity index (χ1) is 15.9. The first-order valence-corrected chi connectivity index (χ1v) is 10.8. The van der Waals surface area contributed by atoms with Crippen molar-refractivity contribution in [3.63, 3.8) is 0 Å². The van der Waals surface area contributed by atoms with Crippen molar-refractivity contribution in [2.24, 2.45) is 5.16 Å². The molecule has 2 aromatic heterocycles. The van der Waals surface area contributed by atoms with Crippen LogP contribution in [-0.2, 0) is 0 Å². The first-order valence-electron chi connectivity index (χ1n) is 10.8. The van der Waals surface area contributed by atoms with E-state index in [9.17, 15) is 10.1 Å². The number of nitro groups is 1. The van der Waals surface area contributed by atoms with Crippen molar-refractivity contribution in [2.45, 2.75) is 45.4 Å². The molecule has 3 aromatic rings. The quantitative estimate of drug-likeness (QED) is 0.296. The van der Waals surface area contributed by atoms with E-state index in [1.807, 2.05) is 49.1 Å². The van der Waals surface area contributed by atoms with Crippen molar-refractivity contribution in [1.82, 2.24) is 20.1 Å². The molecule has 3 heterocycles. The van der Waals surface area contributed by atoms with E-state index in [0.717, 1.165) is 5.56 Å². The third kappa shape index (κ3) is 4.97. The fourth-order valence-electron chi connectivity index (χ4n) is 3.64. The second-order valence-electron chi connectivity index (χ2n) is 8.15. The van der Waals surface area contributed by atoms with Gasteiger partial charge in [0, 0.05) is 24.9 Å². The van der Waals surface area contributed by atoms with E-state index in [2.05, 4.69) is 25.3 Å². The zero-order chi connectivity index (χ0) is 23.4. The van der Waals surface area contributed by atoms with Crippen LogP contribution in [0.3, 0.4) is 0 Å². The lowest BCUT2D eigenvalue weighted by Crippen LogP contribution is -2.34. The molecule has 0 atom stereocenters. The first kappa shape index (κ1) is 22.3. The summed E-state index contributed by atoms with van der Waals surface area (Å²) in [6.07, 6.45) is 2.68. The Morgan fingerprint density at radius 3 is 2.61 bits per heavy atom. The molecule has 172 valence electrons. The Morgan fingerprint density at radius 2 is 1.97 bits per heavy atom. The summed E-state index contributed by atoms with van der Waals surface area (Å²) < 4.78 is 5.43. The normalized spacial score (nSPS) is 15.2. The molecule has 1 aromatic carbocycles. The standard InChI is InChI=1S/C22H25N7O4/c1-14(2)19-25-21(32-27-19)17-9-11-28(12-10-17)20-18(29(30)31)22(24-13-23-20)33-26-15(3)16-7-5-4-6-8-16/h4-8,13-14,17H,9-12H2,1-3H3. The fourth-order valence-corrected chi connectivity index (χ4v) is 3.64. The number of hydrogen-bond acceptors (Lipinski definition) is 10. The number of hydrogen-bond donors (Lipinski definition) is 0. The predicted molar refractivity (Wildman–Crippen MR) is 121 cm³/mol. The van der Waals surface area contributed by atoms with Crippen molar-refractivity contribution < 1.29 is 14.3 Å². The van der Waals surface area contributed by atoms with Gasteiger partial charge in [-0.15, -0.1) is 0 Å². The molecule has 33 heavy (non-hydrogen) atoms. The van der Waals surface area contributed by atoms with E-state index in [1.54, 1.807) is 6.92 Å². The minimum Gasteiger partial charge on any atom is -0.351 e. The number of oxime groups is 1. The van der Waals surface area contributed by atoms with Crippen molar-refractivity contribution in [1.29, 1.82) is 0 Å². The van der Waals surface area contributed by atoms with Gasteiger partial charge >= 0.3 is 11.6 Å². The van der Waals surface area contributed by atoms with Crippen molar-refractivity contribution in [3.05, 3.63) is 64.1 Å². The van der Waals surface area contributed by atoms with E-state index in [0.29, 0.717) is 43.4 Å². The molecular weight excluding hydrogens is 426 g/mol. The second-order valence-corrected chi connectivity index (χ2v) is 8.15. The summed E-state index contributed by atoms with van der Waals surface area (Å²) in [6.45, 7) is 6.88. The molecule has 0 aliphatic carbocycles. The van der Waals surface area contributed by atoms with Gasteiger partial charge in [-0.25, -0.2) is 4.98 Å². The maximum atomic E-state index is 11.9. The van der Waals surface area contributed by atoms with Crippen LogP contribution in [0.15, 0.2) is 46.3 Å². The third-order valence-electron chi connectivity index (χ3n) is 5.53. The summed E-state index contributed by atoms with van der Waals surface area (Å²) in [7, 11) is 0. The highest BCUT2D eigenvalue weighted by atomic mass is 16.7. The molecule has 1 fully saturated rings. The molecule has 0 radical (unpaired) electrons. The molecule has 1 saturated heterocycles. The van der Waals surface area contributed by atoms with E-state index in [4.69, 9.17) is 9.36 Å². The highest BCUT2D eigenvalue weighted by Gasteiger charge is 2.33. The fraction of sp³-hybridized carbons (Fsp3) is 0.409. The van der Waals surface area contributed by atoms with Crippen LogP contribution in [0, 0.1) is 10.1 Å². The van der Waals surface area contributed by atoms with Gasteiger partial charge in [-0.05, 0) is 25.3 Å². The van der Waals surface area contributed by atoms with Crippen LogP contribution < -0.4 is 9.74 Å². The molecule has 11 nitrogen and oxygen atoms in total. The number of piperidine rings is 1. The van der Waals surface area contributed by atoms with Gasteiger partial charge in [0.1, 0.15) is 6.33 Å². The van der Waals surface area contributed by atoms with Gasteiger partial charge in [0.25, 0.3) is 0 Å². The maximum Gasteiger partial charge on any atom is 0.375 e. The van der Waals surface area contributed by atoms with Crippen LogP contribution in [0.4, 0.5) is 11.5 Å². The van der Waals surface area contributed by atoms with Gasteiger partial charge in [-0.2, -0.15) is 9.97 Å². The lowest BCUT2D eigenvalue weighted by molar-refractivity contribution is -0.385. The molecule has 11 heteroatoms. The number of aromatic nitrogens is 4. The molecule has 4 rings (SSSR count). The third-order valence-corrected chi connectivity index (χ3v) is 5.53. The zero-order valence-corrected chi connectivity index (χ0v) is 18.7. The van der Waals surface area contributed by atoms with Crippen LogP contribution in [0.1, 0.15) is 62.7 Å². The van der Waals surface area contributed by atoms with Gasteiger partial charge < -0.3 is 14.3 Å². The summed E-state index contributed by atoms with van der Waals surface area (Å²) in [5.74, 6) is 1.62. The highest BCUT2D eigenvalue weighted by Crippen LogP contribution is 2.37. The Hall–Kier alpha value is -3.89. The molecule has 0 unspecified atom stereocenters. The lowest BCUT2D eigenvalue weighted by Gasteiger charge is -2.30. The molecule has 1 aliphatic heterocycles. The Kier molecular flexibility index (Phi) is 6.57. The number of anilines is 1. The Labute approximate surface area is 190 Å². The van der Waals surface area contributed by atoms with Gasteiger partial charge in [0.15, 0.2) is 5.82 Å². The van der Waals surface area contributed by atoms with Crippen LogP contribution in [0.5, 0.6) is 5.88 Å². The Bertz CT molecular complexity index is 1140. The molecule has 0 saturated carbocycles. The maximum absolute atomic E-state index is 11.9. The van der Waals surface area contributed by atoms with E-state index < -0.39 is 4.92 Å². The molecule has 0 bridgehead atoms. The number of rotatable bonds is 7. The van der Waals surface area contributed by atoms with Gasteiger partial charge in [-0.1, -0.05) is 54.5 Å². The summed E-state index contributed by atoms with van der Waals surface area (Å²) >= 11 is 0. The van der Waals surface area contributed by atoms with Crippen molar-refractivity contribution in [3.8, 4) is 5.88 Å². The largest absolute Gasteiger partial charge is 0.375 e. The van der Waals surface area contributed by atoms with Crippen LogP contribution in [0.2, 0.25) is 0 Å². The monoisotopic (exact) mass is 451 g/mol. The summed E-state index contributed by atoms with van der Waals surface area (Å²) in [4.78, 5) is 31.3. The molecular formula is C22H25N7O4. The highest BCUT2D eigenvalue weighted by molar-refractivity contribution is 5.98. The van der Waals surface area contributed by atoms with Crippen LogP contribution >= 0.6 is 0 Å². The van der Waals surface area contributed by atoms with E-state index in [1.165, 1.54) is 6.33 Å². The minimum absolute atomic E-state index is 0.107. The summed E-state index contributed by atoms with van der Waals surface area (Å²) in [6, 6.07) is 9.39. The van der Waals surface area contributed by atoms with Crippen LogP contribution in [0.25, 0.3) is 0 Å². The molecule has 0 N–H and O–H groups in total. The van der Waals surface area contributed by atoms with Gasteiger partial charge in [0.05, 0.1) is 10.6 Å². The molecule has 0 amide bonds. The predicted octanol–water partition coefficient (Wildman–Crippen LogP) is 4.08. The Morgan fingerprint density at radius 1 is 1.24 bits per heavy atom. The van der Waals surface area contributed by atoms with Gasteiger partial charge in [-0.3, -0.25) is 10.1 Å². The van der Waals surface area contributed by atoms with Crippen LogP contribution in [-0.4, -0.2) is 43.8 Å². The summed E-state index contributed by atoms with van der Waals surface area (Å²) in [5.41, 5.74) is 1.12. The average molecular weight is 451 g/mol. The Balaban J connectivity index is 1.51. The topological polar surface area (TPSA) is 133 Å². The van der Waals surface area contributed by atoms with E-state index >= 15 is 0 Å². The zero-order valence-electron chi connectivity index (χ0n) is 18.7. The molecule has 1 aliphatic rings. The number of nitrogens with zero attached hydrogens (tertiary/aromatic N) is 7. The average Bonchev–Trinajstić information content (AvgIpc) is 3.33. The van der Waals surface area contributed by atoms with Gasteiger partial charge in [0.2, 0.25) is 11.7 Å². The van der Waals surface area contributed by atoms with Crippen molar-refractivity contribution in [2.75, 3.05) is 18.0 Å². The summed E-state index contributed by atoms with van der Waals surface area (Å²) in [5, 5.41) is 20.0. The van der Waals surface area contributed by atoms with E-state index in [-0.39, 0.29) is 29.2 Å². The molecule has 0 spiro atoms. The minimum atomic E-state index is -0.531. The smallest absolute Gasteiger partial charge is 0.351 e.